The Labute approximate surface area is 136 Å². The van der Waals surface area contributed by atoms with Crippen LogP contribution >= 0.6 is 0 Å². The third kappa shape index (κ3) is 2.90. The van der Waals surface area contributed by atoms with Crippen LogP contribution in [0.4, 0.5) is 0 Å². The average molecular weight is 326 g/mol. The first-order valence-electron chi connectivity index (χ1n) is 7.49. The summed E-state index contributed by atoms with van der Waals surface area (Å²) in [6.07, 6.45) is 5.57. The van der Waals surface area contributed by atoms with Gasteiger partial charge in [0.2, 0.25) is 0 Å². The zero-order chi connectivity index (χ0) is 16.5. The van der Waals surface area contributed by atoms with Gasteiger partial charge in [-0.1, -0.05) is 66.6 Å². The van der Waals surface area contributed by atoms with Gasteiger partial charge in [0.1, 0.15) is 5.60 Å². The van der Waals surface area contributed by atoms with E-state index in [2.05, 4.69) is 5.92 Å². The van der Waals surface area contributed by atoms with Crippen LogP contribution in [0.25, 0.3) is 0 Å². The van der Waals surface area contributed by atoms with Crippen molar-refractivity contribution in [3.63, 3.8) is 0 Å². The van der Waals surface area contributed by atoms with Crippen LogP contribution in [-0.4, -0.2) is 19.1 Å². The topological polar surface area (TPSA) is 54.4 Å². The maximum atomic E-state index is 13.1. The van der Waals surface area contributed by atoms with Crippen molar-refractivity contribution in [3.8, 4) is 12.3 Å². The van der Waals surface area contributed by atoms with Crippen LogP contribution in [0, 0.1) is 12.3 Å². The summed E-state index contributed by atoms with van der Waals surface area (Å²) in [5.41, 5.74) is -0.0876. The van der Waals surface area contributed by atoms with Crippen molar-refractivity contribution in [2.24, 2.45) is 0 Å². The van der Waals surface area contributed by atoms with Crippen LogP contribution in [-0.2, 0) is 9.84 Å². The molecule has 1 aliphatic heterocycles. The Morgan fingerprint density at radius 1 is 0.913 bits per heavy atom. The molecule has 0 saturated carbocycles. The standard InChI is InChI=1S/C19H18O3S/c1-2-19(20)13-17(15-9-5-3-6-10-15)23(21,22)18(14-19)16-11-7-4-8-12-16/h1,3-12,17-18,20H,13-14H2/t17-,18+,19?. The normalized spacial score (nSPS) is 29.6. The number of benzene rings is 2. The molecule has 1 heterocycles. The van der Waals surface area contributed by atoms with E-state index in [-0.39, 0.29) is 12.8 Å². The highest BCUT2D eigenvalue weighted by molar-refractivity contribution is 7.92. The highest BCUT2D eigenvalue weighted by Gasteiger charge is 2.49. The molecular weight excluding hydrogens is 308 g/mol. The Bertz CT molecular complexity index is 764. The highest BCUT2D eigenvalue weighted by atomic mass is 32.2. The Hall–Kier alpha value is -2.09. The lowest BCUT2D eigenvalue weighted by atomic mass is 9.88. The largest absolute Gasteiger partial charge is 0.378 e. The van der Waals surface area contributed by atoms with Gasteiger partial charge in [-0.2, -0.15) is 0 Å². The first-order valence-corrected chi connectivity index (χ1v) is 9.10. The summed E-state index contributed by atoms with van der Waals surface area (Å²) < 4.78 is 26.3. The Morgan fingerprint density at radius 2 is 1.30 bits per heavy atom. The molecular formula is C19H18O3S. The van der Waals surface area contributed by atoms with Gasteiger partial charge < -0.3 is 5.11 Å². The minimum Gasteiger partial charge on any atom is -0.378 e. The summed E-state index contributed by atoms with van der Waals surface area (Å²) in [6, 6.07) is 17.9. The number of sulfone groups is 1. The summed E-state index contributed by atoms with van der Waals surface area (Å²) >= 11 is 0. The van der Waals surface area contributed by atoms with Gasteiger partial charge in [-0.05, 0) is 11.1 Å². The lowest BCUT2D eigenvalue weighted by Gasteiger charge is -2.38. The van der Waals surface area contributed by atoms with E-state index in [9.17, 15) is 13.5 Å². The fraction of sp³-hybridized carbons (Fsp3) is 0.263. The van der Waals surface area contributed by atoms with Crippen molar-refractivity contribution in [1.29, 1.82) is 0 Å². The number of aliphatic hydroxyl groups is 1. The Balaban J connectivity index is 2.12. The van der Waals surface area contributed by atoms with Crippen molar-refractivity contribution in [3.05, 3.63) is 71.8 Å². The molecule has 3 atom stereocenters. The minimum atomic E-state index is -3.51. The molecule has 4 heteroatoms. The maximum Gasteiger partial charge on any atom is 0.164 e. The molecule has 1 unspecified atom stereocenters. The lowest BCUT2D eigenvalue weighted by Crippen LogP contribution is -2.41. The van der Waals surface area contributed by atoms with Crippen LogP contribution in [0.15, 0.2) is 60.7 Å². The third-order valence-electron chi connectivity index (χ3n) is 4.45. The molecule has 1 saturated heterocycles. The van der Waals surface area contributed by atoms with E-state index in [1.807, 2.05) is 12.1 Å². The first-order chi connectivity index (χ1) is 11.0. The van der Waals surface area contributed by atoms with Gasteiger partial charge in [0.25, 0.3) is 0 Å². The number of terminal acetylenes is 1. The molecule has 2 aromatic carbocycles. The van der Waals surface area contributed by atoms with E-state index in [0.717, 1.165) is 0 Å². The molecule has 1 aliphatic rings. The summed E-state index contributed by atoms with van der Waals surface area (Å²) in [5.74, 6) is 2.41. The molecule has 0 radical (unpaired) electrons. The second-order valence-corrected chi connectivity index (χ2v) is 8.29. The zero-order valence-corrected chi connectivity index (χ0v) is 13.4. The first kappa shape index (κ1) is 15.8. The SMILES string of the molecule is C#CC1(O)C[C@H](c2ccccc2)S(=O)(=O)[C@H](c2ccccc2)C1. The highest BCUT2D eigenvalue weighted by Crippen LogP contribution is 2.48. The zero-order valence-electron chi connectivity index (χ0n) is 12.6. The van der Waals surface area contributed by atoms with Gasteiger partial charge in [-0.25, -0.2) is 8.42 Å². The Kier molecular flexibility index (Phi) is 4.01. The summed E-state index contributed by atoms with van der Waals surface area (Å²) in [7, 11) is -3.51. The second-order valence-electron chi connectivity index (χ2n) is 5.97. The minimum absolute atomic E-state index is 0.0270. The van der Waals surface area contributed by atoms with Crippen LogP contribution in [0.5, 0.6) is 0 Å². The van der Waals surface area contributed by atoms with Gasteiger partial charge in [0.15, 0.2) is 9.84 Å². The smallest absolute Gasteiger partial charge is 0.164 e. The molecule has 3 nitrogen and oxygen atoms in total. The molecule has 23 heavy (non-hydrogen) atoms. The number of hydrogen-bond acceptors (Lipinski definition) is 3. The molecule has 1 N–H and O–H groups in total. The van der Waals surface area contributed by atoms with Gasteiger partial charge in [0, 0.05) is 12.8 Å². The van der Waals surface area contributed by atoms with Crippen LogP contribution in [0.1, 0.15) is 34.5 Å². The van der Waals surface area contributed by atoms with Crippen molar-refractivity contribution < 1.29 is 13.5 Å². The summed E-state index contributed by atoms with van der Waals surface area (Å²) in [5, 5.41) is 9.07. The fourth-order valence-electron chi connectivity index (χ4n) is 3.20. The quantitative estimate of drug-likeness (QED) is 0.863. The number of rotatable bonds is 2. The van der Waals surface area contributed by atoms with E-state index in [1.165, 1.54) is 0 Å². The van der Waals surface area contributed by atoms with E-state index in [4.69, 9.17) is 6.42 Å². The molecule has 1 fully saturated rings. The predicted molar refractivity (Wildman–Crippen MR) is 90.3 cm³/mol. The molecule has 0 aromatic heterocycles. The van der Waals surface area contributed by atoms with Crippen LogP contribution in [0.3, 0.4) is 0 Å². The van der Waals surface area contributed by atoms with Gasteiger partial charge in [0.05, 0.1) is 10.5 Å². The van der Waals surface area contributed by atoms with Crippen molar-refractivity contribution in [2.45, 2.75) is 28.9 Å². The van der Waals surface area contributed by atoms with E-state index >= 15 is 0 Å². The average Bonchev–Trinajstić information content (AvgIpc) is 2.58. The molecule has 0 bridgehead atoms. The van der Waals surface area contributed by atoms with E-state index in [1.54, 1.807) is 48.5 Å². The maximum absolute atomic E-state index is 13.1. The van der Waals surface area contributed by atoms with Crippen molar-refractivity contribution in [1.82, 2.24) is 0 Å². The van der Waals surface area contributed by atoms with Crippen molar-refractivity contribution >= 4 is 9.84 Å². The molecule has 0 spiro atoms. The summed E-state index contributed by atoms with van der Waals surface area (Å²) in [6.45, 7) is 0. The molecule has 3 rings (SSSR count). The van der Waals surface area contributed by atoms with Crippen molar-refractivity contribution in [2.75, 3.05) is 0 Å². The molecule has 0 amide bonds. The second kappa shape index (κ2) is 5.84. The molecule has 118 valence electrons. The van der Waals surface area contributed by atoms with Gasteiger partial charge >= 0.3 is 0 Å². The monoisotopic (exact) mass is 326 g/mol. The lowest BCUT2D eigenvalue weighted by molar-refractivity contribution is 0.0731. The van der Waals surface area contributed by atoms with Gasteiger partial charge in [-0.15, -0.1) is 6.42 Å². The predicted octanol–water partition coefficient (Wildman–Crippen LogP) is 3.04. The van der Waals surface area contributed by atoms with E-state index < -0.39 is 25.9 Å². The molecule has 0 aliphatic carbocycles. The number of hydrogen-bond donors (Lipinski definition) is 1. The fourth-order valence-corrected chi connectivity index (χ4v) is 5.68. The third-order valence-corrected chi connectivity index (χ3v) is 6.91. The summed E-state index contributed by atoms with van der Waals surface area (Å²) in [4.78, 5) is 0. The van der Waals surface area contributed by atoms with Gasteiger partial charge in [-0.3, -0.25) is 0 Å². The van der Waals surface area contributed by atoms with Crippen LogP contribution < -0.4 is 0 Å². The molecule has 2 aromatic rings. The Morgan fingerprint density at radius 3 is 1.65 bits per heavy atom. The van der Waals surface area contributed by atoms with E-state index in [0.29, 0.717) is 11.1 Å². The van der Waals surface area contributed by atoms with Crippen LogP contribution in [0.2, 0.25) is 0 Å².